The van der Waals surface area contributed by atoms with E-state index in [-0.39, 0.29) is 17.1 Å². The van der Waals surface area contributed by atoms with E-state index >= 15 is 0 Å². The molecule has 0 saturated heterocycles. The number of carbonyl (C=O) groups is 1. The van der Waals surface area contributed by atoms with Crippen LogP contribution in [-0.4, -0.2) is 19.5 Å². The van der Waals surface area contributed by atoms with E-state index in [1.165, 1.54) is 12.1 Å². The largest absolute Gasteiger partial charge is 0.418 e. The highest BCUT2D eigenvalue weighted by Gasteiger charge is 2.34. The van der Waals surface area contributed by atoms with E-state index in [2.05, 4.69) is 10.6 Å². The third kappa shape index (κ3) is 4.72. The van der Waals surface area contributed by atoms with Gasteiger partial charge in [0.1, 0.15) is 0 Å². The van der Waals surface area contributed by atoms with E-state index in [0.717, 1.165) is 6.07 Å². The molecule has 1 rings (SSSR count). The van der Waals surface area contributed by atoms with Gasteiger partial charge in [0.25, 0.3) is 0 Å². The number of halogens is 4. The van der Waals surface area contributed by atoms with E-state index in [4.69, 9.17) is 11.6 Å². The van der Waals surface area contributed by atoms with Crippen LogP contribution in [0.3, 0.4) is 0 Å². The van der Waals surface area contributed by atoms with Crippen molar-refractivity contribution in [3.8, 4) is 0 Å². The quantitative estimate of drug-likeness (QED) is 0.818. The fourth-order valence-electron chi connectivity index (χ4n) is 1.52. The fourth-order valence-corrected chi connectivity index (χ4v) is 1.74. The van der Waals surface area contributed by atoms with E-state index in [0.29, 0.717) is 13.0 Å². The molecular weight excluding hydrogens is 281 g/mol. The minimum Gasteiger partial charge on any atom is -0.324 e. The van der Waals surface area contributed by atoms with Crippen molar-refractivity contribution in [1.29, 1.82) is 0 Å². The van der Waals surface area contributed by atoms with Crippen LogP contribution in [0.2, 0.25) is 5.02 Å². The summed E-state index contributed by atoms with van der Waals surface area (Å²) in [5.41, 5.74) is -1.33. The number of benzene rings is 1. The van der Waals surface area contributed by atoms with E-state index in [1.807, 2.05) is 0 Å². The van der Waals surface area contributed by atoms with Crippen LogP contribution in [0.5, 0.6) is 0 Å². The van der Waals surface area contributed by atoms with E-state index < -0.39 is 17.6 Å². The minimum atomic E-state index is -4.56. The Hall–Kier alpha value is -1.27. The molecular formula is C12H14ClF3N2O. The molecule has 1 aromatic carbocycles. The van der Waals surface area contributed by atoms with Gasteiger partial charge in [0, 0.05) is 6.42 Å². The molecule has 1 amide bonds. The van der Waals surface area contributed by atoms with Gasteiger partial charge in [-0.25, -0.2) is 0 Å². The van der Waals surface area contributed by atoms with Crippen LogP contribution < -0.4 is 10.6 Å². The summed E-state index contributed by atoms with van der Waals surface area (Å²) in [5, 5.41) is 4.95. The molecule has 7 heteroatoms. The highest BCUT2D eigenvalue weighted by Crippen LogP contribution is 2.38. The van der Waals surface area contributed by atoms with Crippen LogP contribution in [0.25, 0.3) is 0 Å². The second-order valence-electron chi connectivity index (χ2n) is 3.92. The molecule has 0 unspecified atom stereocenters. The first-order valence-corrected chi connectivity index (χ1v) is 6.04. The number of para-hydroxylation sites is 1. The zero-order valence-electron chi connectivity index (χ0n) is 10.3. The first-order chi connectivity index (χ1) is 8.86. The lowest BCUT2D eigenvalue weighted by Gasteiger charge is -2.15. The smallest absolute Gasteiger partial charge is 0.324 e. The molecule has 0 aliphatic carbocycles. The summed E-state index contributed by atoms with van der Waals surface area (Å²) in [6, 6.07) is 3.39. The number of alkyl halides is 3. The first kappa shape index (κ1) is 15.8. The third-order valence-electron chi connectivity index (χ3n) is 2.41. The van der Waals surface area contributed by atoms with Crippen molar-refractivity contribution >= 4 is 23.2 Å². The Balaban J connectivity index is 2.85. The molecule has 0 spiro atoms. The maximum Gasteiger partial charge on any atom is 0.418 e. The number of amides is 1. The molecule has 1 aromatic rings. The second-order valence-corrected chi connectivity index (χ2v) is 4.32. The molecule has 0 heterocycles. The second kappa shape index (κ2) is 6.77. The molecule has 106 valence electrons. The van der Waals surface area contributed by atoms with Crippen molar-refractivity contribution in [2.45, 2.75) is 19.0 Å². The Bertz CT molecular complexity index is 449. The third-order valence-corrected chi connectivity index (χ3v) is 2.73. The number of carbonyl (C=O) groups excluding carboxylic acids is 1. The highest BCUT2D eigenvalue weighted by atomic mass is 35.5. The van der Waals surface area contributed by atoms with Crippen molar-refractivity contribution in [3.63, 3.8) is 0 Å². The monoisotopic (exact) mass is 294 g/mol. The van der Waals surface area contributed by atoms with Crippen molar-refractivity contribution in [1.82, 2.24) is 5.32 Å². The van der Waals surface area contributed by atoms with E-state index in [1.54, 1.807) is 7.05 Å². The summed E-state index contributed by atoms with van der Waals surface area (Å²) in [6.07, 6.45) is -3.89. The van der Waals surface area contributed by atoms with Crippen molar-refractivity contribution in [2.24, 2.45) is 0 Å². The maximum absolute atomic E-state index is 12.8. The number of rotatable bonds is 5. The van der Waals surface area contributed by atoms with Gasteiger partial charge in [0.15, 0.2) is 0 Å². The molecule has 2 N–H and O–H groups in total. The topological polar surface area (TPSA) is 41.1 Å². The van der Waals surface area contributed by atoms with Crippen molar-refractivity contribution in [2.75, 3.05) is 18.9 Å². The summed E-state index contributed by atoms with van der Waals surface area (Å²) in [4.78, 5) is 11.6. The summed E-state index contributed by atoms with van der Waals surface area (Å²) < 4.78 is 38.3. The normalized spacial score (nSPS) is 11.4. The summed E-state index contributed by atoms with van der Waals surface area (Å²) in [5.74, 6) is -0.492. The summed E-state index contributed by atoms with van der Waals surface area (Å²) in [6.45, 7) is 0.613. The van der Waals surface area contributed by atoms with Gasteiger partial charge in [-0.15, -0.1) is 0 Å². The molecule has 0 bridgehead atoms. The molecule has 0 radical (unpaired) electrons. The molecule has 3 nitrogen and oxygen atoms in total. The summed E-state index contributed by atoms with van der Waals surface area (Å²) >= 11 is 5.71. The van der Waals surface area contributed by atoms with Crippen LogP contribution in [0.4, 0.5) is 18.9 Å². The van der Waals surface area contributed by atoms with Crippen LogP contribution in [0.15, 0.2) is 18.2 Å². The van der Waals surface area contributed by atoms with Gasteiger partial charge >= 0.3 is 6.18 Å². The number of hydrogen-bond acceptors (Lipinski definition) is 2. The molecule has 0 atom stereocenters. The van der Waals surface area contributed by atoms with Crippen LogP contribution in [0.1, 0.15) is 18.4 Å². The molecule has 0 aliphatic rings. The summed E-state index contributed by atoms with van der Waals surface area (Å²) in [7, 11) is 1.73. The van der Waals surface area contributed by atoms with Crippen molar-refractivity contribution in [3.05, 3.63) is 28.8 Å². The maximum atomic E-state index is 12.8. The Kier molecular flexibility index (Phi) is 5.62. The number of anilines is 1. The Morgan fingerprint density at radius 3 is 2.63 bits per heavy atom. The Morgan fingerprint density at radius 2 is 2.05 bits per heavy atom. The first-order valence-electron chi connectivity index (χ1n) is 5.66. The van der Waals surface area contributed by atoms with Gasteiger partial charge in [-0.2, -0.15) is 13.2 Å². The Labute approximate surface area is 114 Å². The lowest BCUT2D eigenvalue weighted by atomic mass is 10.1. The van der Waals surface area contributed by atoms with Gasteiger partial charge in [0.05, 0.1) is 16.3 Å². The molecule has 19 heavy (non-hydrogen) atoms. The lowest BCUT2D eigenvalue weighted by Crippen LogP contribution is -2.18. The average molecular weight is 295 g/mol. The molecule has 0 aliphatic heterocycles. The number of nitrogens with one attached hydrogen (secondary N) is 2. The van der Waals surface area contributed by atoms with Crippen LogP contribution in [-0.2, 0) is 11.0 Å². The van der Waals surface area contributed by atoms with E-state index in [9.17, 15) is 18.0 Å². The van der Waals surface area contributed by atoms with Crippen LogP contribution >= 0.6 is 11.6 Å². The van der Waals surface area contributed by atoms with Gasteiger partial charge < -0.3 is 10.6 Å². The highest BCUT2D eigenvalue weighted by molar-refractivity contribution is 6.34. The van der Waals surface area contributed by atoms with Gasteiger partial charge in [-0.05, 0) is 32.1 Å². The van der Waals surface area contributed by atoms with Gasteiger partial charge in [-0.1, -0.05) is 17.7 Å². The molecule has 0 fully saturated rings. The zero-order chi connectivity index (χ0) is 14.5. The average Bonchev–Trinajstić information content (AvgIpc) is 2.30. The lowest BCUT2D eigenvalue weighted by molar-refractivity contribution is -0.137. The minimum absolute atomic E-state index is 0.128. The zero-order valence-corrected chi connectivity index (χ0v) is 11.0. The van der Waals surface area contributed by atoms with Crippen LogP contribution in [0, 0.1) is 0 Å². The van der Waals surface area contributed by atoms with Crippen molar-refractivity contribution < 1.29 is 18.0 Å². The Morgan fingerprint density at radius 1 is 1.37 bits per heavy atom. The fraction of sp³-hybridized carbons (Fsp3) is 0.417. The SMILES string of the molecule is CNCCCC(=O)Nc1c(Cl)cccc1C(F)(F)F. The van der Waals surface area contributed by atoms with Gasteiger partial charge in [0.2, 0.25) is 5.91 Å². The van der Waals surface area contributed by atoms with Gasteiger partial charge in [-0.3, -0.25) is 4.79 Å². The standard InChI is InChI=1S/C12H14ClF3N2O/c1-17-7-3-6-10(19)18-11-8(12(14,15)16)4-2-5-9(11)13/h2,4-5,17H,3,6-7H2,1H3,(H,18,19). The predicted octanol–water partition coefficient (Wildman–Crippen LogP) is 3.30. The molecule has 0 saturated carbocycles. The predicted molar refractivity (Wildman–Crippen MR) is 68.2 cm³/mol. The number of hydrogen-bond donors (Lipinski definition) is 2. The molecule has 0 aromatic heterocycles.